The summed E-state index contributed by atoms with van der Waals surface area (Å²) in [6, 6.07) is 0. The van der Waals surface area contributed by atoms with Crippen molar-refractivity contribution in [2.24, 2.45) is 16.7 Å². The first-order valence-corrected chi connectivity index (χ1v) is 7.22. The first-order chi connectivity index (χ1) is 7.49. The number of rotatable bonds is 3. The monoisotopic (exact) mass is 240 g/mol. The van der Waals surface area contributed by atoms with E-state index in [2.05, 4.69) is 41.5 Å². The lowest BCUT2D eigenvalue weighted by molar-refractivity contribution is 0.0222. The Labute approximate surface area is 108 Å². The summed E-state index contributed by atoms with van der Waals surface area (Å²) >= 11 is 0. The summed E-state index contributed by atoms with van der Waals surface area (Å²) in [4.78, 5) is 0. The molecule has 1 fully saturated rings. The molecule has 1 N–H and O–H groups in total. The average Bonchev–Trinajstić information content (AvgIpc) is 2.41. The minimum absolute atomic E-state index is 0.345. The summed E-state index contributed by atoms with van der Waals surface area (Å²) in [5.74, 6) is 0.736. The van der Waals surface area contributed by atoms with E-state index in [1.165, 1.54) is 12.8 Å². The van der Waals surface area contributed by atoms with Gasteiger partial charge in [-0.3, -0.25) is 0 Å². The van der Waals surface area contributed by atoms with Gasteiger partial charge in [0.15, 0.2) is 0 Å². The van der Waals surface area contributed by atoms with Crippen LogP contribution < -0.4 is 0 Å². The first kappa shape index (κ1) is 15.0. The Morgan fingerprint density at radius 1 is 1.06 bits per heavy atom. The van der Waals surface area contributed by atoms with Gasteiger partial charge in [-0.25, -0.2) is 0 Å². The molecular formula is C16H32O. The standard InChI is InChI=1S/C16H32O/c1-14(2,3)9-10-16(17)8-7-13(12-16)11-15(4,5)6/h13,17H,7-12H2,1-6H3/t13-,16-/m0/s1. The molecule has 0 bridgehead atoms. The molecule has 0 amide bonds. The lowest BCUT2D eigenvalue weighted by atomic mass is 9.81. The zero-order valence-corrected chi connectivity index (χ0v) is 12.8. The molecule has 2 atom stereocenters. The third kappa shape index (κ3) is 5.90. The Morgan fingerprint density at radius 3 is 2.12 bits per heavy atom. The second kappa shape index (κ2) is 4.91. The highest BCUT2D eigenvalue weighted by Crippen LogP contribution is 2.43. The summed E-state index contributed by atoms with van der Waals surface area (Å²) in [7, 11) is 0. The van der Waals surface area contributed by atoms with Crippen LogP contribution in [-0.4, -0.2) is 10.7 Å². The third-order valence-corrected chi connectivity index (χ3v) is 3.93. The summed E-state index contributed by atoms with van der Waals surface area (Å²) in [5.41, 5.74) is 0.390. The van der Waals surface area contributed by atoms with Gasteiger partial charge >= 0.3 is 0 Å². The Bertz CT molecular complexity index is 243. The molecule has 1 saturated carbocycles. The molecule has 1 nitrogen and oxygen atoms in total. The van der Waals surface area contributed by atoms with E-state index in [4.69, 9.17) is 0 Å². The quantitative estimate of drug-likeness (QED) is 0.752. The molecule has 1 aliphatic carbocycles. The van der Waals surface area contributed by atoms with Gasteiger partial charge in [0.1, 0.15) is 0 Å². The molecular weight excluding hydrogens is 208 g/mol. The predicted octanol–water partition coefficient (Wildman–Crippen LogP) is 4.78. The lowest BCUT2D eigenvalue weighted by Crippen LogP contribution is -2.27. The van der Waals surface area contributed by atoms with Crippen LogP contribution in [0.2, 0.25) is 0 Å². The molecule has 0 aliphatic heterocycles. The maximum absolute atomic E-state index is 10.6. The van der Waals surface area contributed by atoms with Gasteiger partial charge in [0, 0.05) is 0 Å². The fourth-order valence-electron chi connectivity index (χ4n) is 3.09. The van der Waals surface area contributed by atoms with Crippen LogP contribution in [-0.2, 0) is 0 Å². The van der Waals surface area contributed by atoms with Crippen molar-refractivity contribution in [2.75, 3.05) is 0 Å². The fourth-order valence-corrected chi connectivity index (χ4v) is 3.09. The summed E-state index contributed by atoms with van der Waals surface area (Å²) in [6.07, 6.45) is 6.63. The average molecular weight is 240 g/mol. The van der Waals surface area contributed by atoms with Crippen molar-refractivity contribution >= 4 is 0 Å². The van der Waals surface area contributed by atoms with Crippen molar-refractivity contribution in [3.63, 3.8) is 0 Å². The molecule has 0 saturated heterocycles. The molecule has 1 heteroatoms. The zero-order valence-electron chi connectivity index (χ0n) is 12.8. The minimum atomic E-state index is -0.358. The third-order valence-electron chi connectivity index (χ3n) is 3.93. The van der Waals surface area contributed by atoms with Crippen molar-refractivity contribution in [1.82, 2.24) is 0 Å². The van der Waals surface area contributed by atoms with Crippen molar-refractivity contribution in [3.05, 3.63) is 0 Å². The maximum atomic E-state index is 10.6. The van der Waals surface area contributed by atoms with Crippen LogP contribution in [0.25, 0.3) is 0 Å². The number of aliphatic hydroxyl groups is 1. The summed E-state index contributed by atoms with van der Waals surface area (Å²) in [5, 5.41) is 10.6. The van der Waals surface area contributed by atoms with Gasteiger partial charge in [0.2, 0.25) is 0 Å². The highest BCUT2D eigenvalue weighted by molar-refractivity contribution is 4.91. The van der Waals surface area contributed by atoms with E-state index in [1.54, 1.807) is 0 Å². The minimum Gasteiger partial charge on any atom is -0.390 e. The van der Waals surface area contributed by atoms with Crippen molar-refractivity contribution in [2.45, 2.75) is 85.7 Å². The van der Waals surface area contributed by atoms with Gasteiger partial charge in [-0.05, 0) is 55.3 Å². The van der Waals surface area contributed by atoms with Gasteiger partial charge in [0.05, 0.1) is 5.60 Å². The normalized spacial score (nSPS) is 30.9. The molecule has 1 rings (SSSR count). The first-order valence-electron chi connectivity index (χ1n) is 7.22. The highest BCUT2D eigenvalue weighted by atomic mass is 16.3. The maximum Gasteiger partial charge on any atom is 0.0650 e. The molecule has 17 heavy (non-hydrogen) atoms. The topological polar surface area (TPSA) is 20.2 Å². The summed E-state index contributed by atoms with van der Waals surface area (Å²) in [6.45, 7) is 13.7. The fraction of sp³-hybridized carbons (Fsp3) is 1.00. The van der Waals surface area contributed by atoms with Gasteiger partial charge in [-0.1, -0.05) is 41.5 Å². The molecule has 0 aromatic heterocycles. The van der Waals surface area contributed by atoms with Crippen LogP contribution in [0.4, 0.5) is 0 Å². The Kier molecular flexibility index (Phi) is 4.34. The van der Waals surface area contributed by atoms with E-state index in [1.807, 2.05) is 0 Å². The molecule has 0 aromatic carbocycles. The predicted molar refractivity (Wildman–Crippen MR) is 75.1 cm³/mol. The Hall–Kier alpha value is -0.0400. The number of hydrogen-bond donors (Lipinski definition) is 1. The van der Waals surface area contributed by atoms with E-state index in [-0.39, 0.29) is 5.60 Å². The van der Waals surface area contributed by atoms with Crippen LogP contribution in [0.5, 0.6) is 0 Å². The van der Waals surface area contributed by atoms with Crippen molar-refractivity contribution < 1.29 is 5.11 Å². The smallest absolute Gasteiger partial charge is 0.0650 e. The molecule has 0 heterocycles. The van der Waals surface area contributed by atoms with E-state index in [9.17, 15) is 5.11 Å². The molecule has 0 spiro atoms. The van der Waals surface area contributed by atoms with Gasteiger partial charge in [-0.15, -0.1) is 0 Å². The second-order valence-electron chi connectivity index (χ2n) is 8.66. The van der Waals surface area contributed by atoms with E-state index in [0.29, 0.717) is 10.8 Å². The lowest BCUT2D eigenvalue weighted by Gasteiger charge is -2.28. The second-order valence-corrected chi connectivity index (χ2v) is 8.66. The molecule has 0 unspecified atom stereocenters. The molecule has 0 aromatic rings. The van der Waals surface area contributed by atoms with E-state index >= 15 is 0 Å². The van der Waals surface area contributed by atoms with Crippen LogP contribution in [0.3, 0.4) is 0 Å². The van der Waals surface area contributed by atoms with Crippen LogP contribution in [0.1, 0.15) is 80.1 Å². The summed E-state index contributed by atoms with van der Waals surface area (Å²) < 4.78 is 0. The van der Waals surface area contributed by atoms with Gasteiger partial charge < -0.3 is 5.11 Å². The number of hydrogen-bond acceptors (Lipinski definition) is 1. The SMILES string of the molecule is CC(C)(C)CC[C@@]1(O)CC[C@@H](CC(C)(C)C)C1. The Morgan fingerprint density at radius 2 is 1.65 bits per heavy atom. The van der Waals surface area contributed by atoms with Crippen molar-refractivity contribution in [1.29, 1.82) is 0 Å². The molecule has 0 radical (unpaired) electrons. The van der Waals surface area contributed by atoms with Gasteiger partial charge in [-0.2, -0.15) is 0 Å². The van der Waals surface area contributed by atoms with Crippen LogP contribution in [0.15, 0.2) is 0 Å². The molecule has 1 aliphatic rings. The largest absolute Gasteiger partial charge is 0.390 e. The Balaban J connectivity index is 2.42. The van der Waals surface area contributed by atoms with Crippen molar-refractivity contribution in [3.8, 4) is 0 Å². The highest BCUT2D eigenvalue weighted by Gasteiger charge is 2.38. The van der Waals surface area contributed by atoms with Crippen LogP contribution >= 0.6 is 0 Å². The van der Waals surface area contributed by atoms with Crippen LogP contribution in [0, 0.1) is 16.7 Å². The van der Waals surface area contributed by atoms with E-state index < -0.39 is 0 Å². The zero-order chi connectivity index (χ0) is 13.3. The molecule has 102 valence electrons. The van der Waals surface area contributed by atoms with Gasteiger partial charge in [0.25, 0.3) is 0 Å². The van der Waals surface area contributed by atoms with E-state index in [0.717, 1.165) is 31.6 Å².